The number of carboxylic acids is 1. The van der Waals surface area contributed by atoms with E-state index in [1.165, 1.54) is 11.1 Å². The van der Waals surface area contributed by atoms with Gasteiger partial charge in [0.1, 0.15) is 12.4 Å². The normalized spacial score (nSPS) is 10.8. The van der Waals surface area contributed by atoms with Gasteiger partial charge >= 0.3 is 5.97 Å². The van der Waals surface area contributed by atoms with E-state index in [0.29, 0.717) is 13.2 Å². The third-order valence-corrected chi connectivity index (χ3v) is 3.30. The monoisotopic (exact) mass is 265 g/mol. The van der Waals surface area contributed by atoms with Gasteiger partial charge in [0.25, 0.3) is 0 Å². The van der Waals surface area contributed by atoms with Crippen molar-refractivity contribution in [1.82, 2.24) is 4.90 Å². The molecular formula is C15H23NO3. The van der Waals surface area contributed by atoms with E-state index in [-0.39, 0.29) is 6.42 Å². The molecule has 0 heterocycles. The minimum atomic E-state index is -0.766. The molecule has 1 rings (SSSR count). The fraction of sp³-hybridized carbons (Fsp3) is 0.533. The first-order chi connectivity index (χ1) is 8.91. The zero-order valence-corrected chi connectivity index (χ0v) is 12.2. The number of aryl methyl sites for hydroxylation is 2. The molecule has 1 N–H and O–H groups in total. The van der Waals surface area contributed by atoms with Gasteiger partial charge in [0.05, 0.1) is 6.42 Å². The number of carbonyl (C=O) groups is 1. The molecule has 0 radical (unpaired) electrons. The summed E-state index contributed by atoms with van der Waals surface area (Å²) in [6.45, 7) is 8.01. The molecule has 0 aliphatic heterocycles. The molecule has 0 saturated heterocycles. The molecule has 4 heteroatoms. The maximum Gasteiger partial charge on any atom is 0.304 e. The number of carboxylic acid groups (broad SMARTS) is 1. The molecule has 0 saturated carbocycles. The van der Waals surface area contributed by atoms with Crippen molar-refractivity contribution < 1.29 is 14.6 Å². The predicted octanol–water partition coefficient (Wildman–Crippen LogP) is 2.40. The highest BCUT2D eigenvalue weighted by Crippen LogP contribution is 2.25. The van der Waals surface area contributed by atoms with Crippen LogP contribution in [0.2, 0.25) is 0 Å². The van der Waals surface area contributed by atoms with E-state index in [1.807, 2.05) is 18.9 Å². The van der Waals surface area contributed by atoms with Gasteiger partial charge in [-0.1, -0.05) is 12.1 Å². The lowest BCUT2D eigenvalue weighted by Gasteiger charge is -2.18. The van der Waals surface area contributed by atoms with Crippen molar-refractivity contribution in [2.45, 2.75) is 27.2 Å². The highest BCUT2D eigenvalue weighted by atomic mass is 16.5. The van der Waals surface area contributed by atoms with Gasteiger partial charge in [-0.25, -0.2) is 0 Å². The van der Waals surface area contributed by atoms with Crippen LogP contribution in [0.25, 0.3) is 0 Å². The first kappa shape index (κ1) is 15.5. The molecule has 19 heavy (non-hydrogen) atoms. The second-order valence-electron chi connectivity index (χ2n) is 4.95. The molecule has 4 nitrogen and oxygen atoms in total. The van der Waals surface area contributed by atoms with E-state index in [2.05, 4.69) is 26.0 Å². The average Bonchev–Trinajstić information content (AvgIpc) is 2.35. The SMILES string of the molecule is Cc1ccc(C)c(OCCN(C)CCC(=O)O)c1C. The smallest absolute Gasteiger partial charge is 0.304 e. The third kappa shape index (κ3) is 4.91. The Labute approximate surface area is 115 Å². The standard InChI is InChI=1S/C15H23NO3/c1-11-5-6-12(2)15(13(11)3)19-10-9-16(4)8-7-14(17)18/h5-6H,7-10H2,1-4H3,(H,17,18). The van der Waals surface area contributed by atoms with Gasteiger partial charge in [-0.2, -0.15) is 0 Å². The number of nitrogens with zero attached hydrogens (tertiary/aromatic N) is 1. The summed E-state index contributed by atoms with van der Waals surface area (Å²) in [7, 11) is 1.91. The maximum absolute atomic E-state index is 10.5. The molecule has 0 fully saturated rings. The fourth-order valence-electron chi connectivity index (χ4n) is 1.85. The number of aliphatic carboxylic acids is 1. The second-order valence-corrected chi connectivity index (χ2v) is 4.95. The molecule has 0 aliphatic rings. The van der Waals surface area contributed by atoms with Gasteiger partial charge < -0.3 is 14.7 Å². The zero-order chi connectivity index (χ0) is 14.4. The van der Waals surface area contributed by atoms with Crippen LogP contribution in [0.4, 0.5) is 0 Å². The molecule has 0 bridgehead atoms. The molecule has 1 aromatic rings. The lowest BCUT2D eigenvalue weighted by Crippen LogP contribution is -2.26. The van der Waals surface area contributed by atoms with Crippen molar-refractivity contribution in [2.24, 2.45) is 0 Å². The molecule has 0 spiro atoms. The number of hydrogen-bond donors (Lipinski definition) is 1. The first-order valence-electron chi connectivity index (χ1n) is 6.51. The van der Waals surface area contributed by atoms with E-state index in [1.54, 1.807) is 0 Å². The van der Waals surface area contributed by atoms with Crippen molar-refractivity contribution in [1.29, 1.82) is 0 Å². The van der Waals surface area contributed by atoms with E-state index >= 15 is 0 Å². The number of rotatable bonds is 7. The molecule has 0 unspecified atom stereocenters. The summed E-state index contributed by atoms with van der Waals surface area (Å²) in [5.41, 5.74) is 3.53. The Morgan fingerprint density at radius 1 is 1.21 bits per heavy atom. The Balaban J connectivity index is 2.45. The van der Waals surface area contributed by atoms with Crippen molar-refractivity contribution in [3.63, 3.8) is 0 Å². The second kappa shape index (κ2) is 7.14. The molecular weight excluding hydrogens is 242 g/mol. The number of hydrogen-bond acceptors (Lipinski definition) is 3. The summed E-state index contributed by atoms with van der Waals surface area (Å²) < 4.78 is 5.84. The van der Waals surface area contributed by atoms with Crippen molar-refractivity contribution in [2.75, 3.05) is 26.7 Å². The summed E-state index contributed by atoms with van der Waals surface area (Å²) in [5, 5.41) is 8.61. The van der Waals surface area contributed by atoms with Crippen molar-refractivity contribution in [3.8, 4) is 5.75 Å². The summed E-state index contributed by atoms with van der Waals surface area (Å²) in [6.07, 6.45) is 0.166. The lowest BCUT2D eigenvalue weighted by molar-refractivity contribution is -0.137. The van der Waals surface area contributed by atoms with Crippen LogP contribution >= 0.6 is 0 Å². The topological polar surface area (TPSA) is 49.8 Å². The fourth-order valence-corrected chi connectivity index (χ4v) is 1.85. The third-order valence-electron chi connectivity index (χ3n) is 3.30. The Morgan fingerprint density at radius 3 is 2.47 bits per heavy atom. The zero-order valence-electron chi connectivity index (χ0n) is 12.2. The van der Waals surface area contributed by atoms with E-state index in [0.717, 1.165) is 17.9 Å². The molecule has 0 amide bonds. The van der Waals surface area contributed by atoms with Gasteiger partial charge in [0, 0.05) is 13.1 Å². The molecule has 0 aromatic heterocycles. The van der Waals surface area contributed by atoms with Crippen molar-refractivity contribution in [3.05, 3.63) is 28.8 Å². The molecule has 0 aliphatic carbocycles. The number of likely N-dealkylation sites (N-methyl/N-ethyl adjacent to an activating group) is 1. The van der Waals surface area contributed by atoms with Crippen LogP contribution in [-0.2, 0) is 4.79 Å². The highest BCUT2D eigenvalue weighted by Gasteiger charge is 2.07. The summed E-state index contributed by atoms with van der Waals surface area (Å²) in [4.78, 5) is 12.4. The number of ether oxygens (including phenoxy) is 1. The number of benzene rings is 1. The van der Waals surface area contributed by atoms with E-state index in [9.17, 15) is 4.79 Å². The largest absolute Gasteiger partial charge is 0.492 e. The van der Waals surface area contributed by atoms with Gasteiger partial charge in [-0.3, -0.25) is 4.79 Å². The van der Waals surface area contributed by atoms with Crippen LogP contribution in [0.5, 0.6) is 5.75 Å². The lowest BCUT2D eigenvalue weighted by atomic mass is 10.1. The summed E-state index contributed by atoms with van der Waals surface area (Å²) in [6, 6.07) is 4.16. The quantitative estimate of drug-likeness (QED) is 0.822. The highest BCUT2D eigenvalue weighted by molar-refractivity contribution is 5.66. The first-order valence-corrected chi connectivity index (χ1v) is 6.51. The van der Waals surface area contributed by atoms with Crippen LogP contribution in [0.1, 0.15) is 23.1 Å². The average molecular weight is 265 g/mol. The minimum Gasteiger partial charge on any atom is -0.492 e. The van der Waals surface area contributed by atoms with Crippen molar-refractivity contribution >= 4 is 5.97 Å². The van der Waals surface area contributed by atoms with E-state index in [4.69, 9.17) is 9.84 Å². The molecule has 1 aromatic carbocycles. The molecule has 0 atom stereocenters. The van der Waals surface area contributed by atoms with Crippen LogP contribution in [0.15, 0.2) is 12.1 Å². The Hall–Kier alpha value is -1.55. The Kier molecular flexibility index (Phi) is 5.83. The van der Waals surface area contributed by atoms with Crippen LogP contribution in [-0.4, -0.2) is 42.7 Å². The van der Waals surface area contributed by atoms with Crippen LogP contribution in [0.3, 0.4) is 0 Å². The van der Waals surface area contributed by atoms with Crippen LogP contribution in [0, 0.1) is 20.8 Å². The molecule has 106 valence electrons. The predicted molar refractivity (Wildman–Crippen MR) is 75.9 cm³/mol. The van der Waals surface area contributed by atoms with Gasteiger partial charge in [0.2, 0.25) is 0 Å². The van der Waals surface area contributed by atoms with Gasteiger partial charge in [0.15, 0.2) is 0 Å². The Morgan fingerprint density at radius 2 is 1.84 bits per heavy atom. The summed E-state index contributed by atoms with van der Waals surface area (Å²) in [5.74, 6) is 0.185. The maximum atomic E-state index is 10.5. The Bertz CT molecular complexity index is 443. The minimum absolute atomic E-state index is 0.166. The van der Waals surface area contributed by atoms with Gasteiger partial charge in [-0.05, 0) is 44.5 Å². The summed E-state index contributed by atoms with van der Waals surface area (Å²) >= 11 is 0. The van der Waals surface area contributed by atoms with Crippen LogP contribution < -0.4 is 4.74 Å². The van der Waals surface area contributed by atoms with Gasteiger partial charge in [-0.15, -0.1) is 0 Å². The van der Waals surface area contributed by atoms with E-state index < -0.39 is 5.97 Å².